The second-order valence-corrected chi connectivity index (χ2v) is 8.22. The number of ether oxygens (including phenoxy) is 1. The summed E-state index contributed by atoms with van der Waals surface area (Å²) in [5, 5.41) is 3.69. The van der Waals surface area contributed by atoms with Crippen LogP contribution in [0.4, 0.5) is 0 Å². The van der Waals surface area contributed by atoms with Crippen molar-refractivity contribution in [1.29, 1.82) is 0 Å². The lowest BCUT2D eigenvalue weighted by molar-refractivity contribution is 0.00101. The van der Waals surface area contributed by atoms with Gasteiger partial charge in [0.05, 0.1) is 6.10 Å². The van der Waals surface area contributed by atoms with Gasteiger partial charge in [0.1, 0.15) is 0 Å². The van der Waals surface area contributed by atoms with E-state index in [0.29, 0.717) is 18.1 Å². The van der Waals surface area contributed by atoms with E-state index < -0.39 is 0 Å². The predicted molar refractivity (Wildman–Crippen MR) is 107 cm³/mol. The number of hydrogen-bond acceptors (Lipinski definition) is 2. The van der Waals surface area contributed by atoms with E-state index in [1.54, 1.807) is 0 Å². The number of likely N-dealkylation sites (tertiary alicyclic amines) is 1. The summed E-state index contributed by atoms with van der Waals surface area (Å²) in [5.74, 6) is 2.54. The highest BCUT2D eigenvalue weighted by Crippen LogP contribution is 2.40. The number of nitrogens with one attached hydrogen (secondary N) is 1. The van der Waals surface area contributed by atoms with Crippen LogP contribution in [0.15, 0.2) is 35.3 Å². The van der Waals surface area contributed by atoms with Gasteiger partial charge < -0.3 is 15.0 Å². The molecule has 2 unspecified atom stereocenters. The molecule has 3 aliphatic rings. The van der Waals surface area contributed by atoms with Crippen molar-refractivity contribution in [3.05, 3.63) is 35.9 Å². The van der Waals surface area contributed by atoms with E-state index in [-0.39, 0.29) is 0 Å². The van der Waals surface area contributed by atoms with Gasteiger partial charge >= 0.3 is 0 Å². The summed E-state index contributed by atoms with van der Waals surface area (Å²) in [7, 11) is 1.91. The quantitative estimate of drug-likeness (QED) is 0.645. The molecule has 4 heteroatoms. The molecule has 2 aliphatic carbocycles. The van der Waals surface area contributed by atoms with Gasteiger partial charge in [0.2, 0.25) is 0 Å². The van der Waals surface area contributed by atoms with E-state index in [2.05, 4.69) is 45.5 Å². The summed E-state index contributed by atoms with van der Waals surface area (Å²) < 4.78 is 6.21. The molecule has 142 valence electrons. The van der Waals surface area contributed by atoms with Gasteiger partial charge in [0.15, 0.2) is 5.96 Å². The molecule has 0 radical (unpaired) electrons. The molecule has 1 aromatic rings. The molecule has 1 heterocycles. The van der Waals surface area contributed by atoms with Crippen molar-refractivity contribution < 1.29 is 4.74 Å². The van der Waals surface area contributed by atoms with Gasteiger partial charge in [-0.05, 0) is 43.6 Å². The Morgan fingerprint density at radius 1 is 1.12 bits per heavy atom. The highest BCUT2D eigenvalue weighted by Gasteiger charge is 2.39. The average molecular weight is 356 g/mol. The minimum atomic E-state index is 0.447. The van der Waals surface area contributed by atoms with Crippen LogP contribution >= 0.6 is 0 Å². The Balaban J connectivity index is 1.20. The molecule has 4 rings (SSSR count). The molecule has 3 fully saturated rings. The third-order valence-electron chi connectivity index (χ3n) is 6.33. The Morgan fingerprint density at radius 3 is 2.54 bits per heavy atom. The SMILES string of the molecule is CN=C(NC1CC1c1ccccc1)N1CCC(OCC2CCCC2)CC1. The third-order valence-corrected chi connectivity index (χ3v) is 6.33. The summed E-state index contributed by atoms with van der Waals surface area (Å²) in [6.07, 6.45) is 9.46. The number of aliphatic imine (C=N–C) groups is 1. The molecule has 26 heavy (non-hydrogen) atoms. The van der Waals surface area contributed by atoms with Crippen LogP contribution in [0.5, 0.6) is 0 Å². The molecule has 1 saturated heterocycles. The summed E-state index contributed by atoms with van der Waals surface area (Å²) >= 11 is 0. The number of nitrogens with zero attached hydrogens (tertiary/aromatic N) is 2. The van der Waals surface area contributed by atoms with Crippen LogP contribution in [-0.2, 0) is 4.74 Å². The van der Waals surface area contributed by atoms with Gasteiger partial charge in [0.25, 0.3) is 0 Å². The fourth-order valence-corrected chi connectivity index (χ4v) is 4.57. The number of benzene rings is 1. The van der Waals surface area contributed by atoms with E-state index in [1.807, 2.05) is 7.05 Å². The molecule has 2 saturated carbocycles. The number of hydrogen-bond donors (Lipinski definition) is 1. The van der Waals surface area contributed by atoms with Gasteiger partial charge in [-0.1, -0.05) is 43.2 Å². The molecule has 0 aromatic heterocycles. The number of piperidine rings is 1. The van der Waals surface area contributed by atoms with Gasteiger partial charge in [-0.2, -0.15) is 0 Å². The van der Waals surface area contributed by atoms with Crippen LogP contribution in [0.3, 0.4) is 0 Å². The Morgan fingerprint density at radius 2 is 1.85 bits per heavy atom. The van der Waals surface area contributed by atoms with Gasteiger partial charge in [0, 0.05) is 38.7 Å². The lowest BCUT2D eigenvalue weighted by Gasteiger charge is -2.34. The van der Waals surface area contributed by atoms with Crippen LogP contribution in [0.2, 0.25) is 0 Å². The van der Waals surface area contributed by atoms with Gasteiger partial charge in [-0.25, -0.2) is 0 Å². The van der Waals surface area contributed by atoms with Crippen LogP contribution < -0.4 is 5.32 Å². The van der Waals surface area contributed by atoms with Crippen LogP contribution in [0.1, 0.15) is 56.4 Å². The lowest BCUT2D eigenvalue weighted by atomic mass is 10.1. The molecule has 1 N–H and O–H groups in total. The summed E-state index contributed by atoms with van der Waals surface area (Å²) in [4.78, 5) is 6.96. The van der Waals surface area contributed by atoms with Crippen molar-refractivity contribution in [2.24, 2.45) is 10.9 Å². The van der Waals surface area contributed by atoms with Crippen molar-refractivity contribution in [2.75, 3.05) is 26.7 Å². The Labute approximate surface area is 158 Å². The van der Waals surface area contributed by atoms with E-state index in [4.69, 9.17) is 4.74 Å². The first-order chi connectivity index (χ1) is 12.8. The first-order valence-electron chi connectivity index (χ1n) is 10.5. The van der Waals surface area contributed by atoms with Crippen LogP contribution in [0.25, 0.3) is 0 Å². The van der Waals surface area contributed by atoms with E-state index in [9.17, 15) is 0 Å². The molecule has 2 atom stereocenters. The minimum Gasteiger partial charge on any atom is -0.378 e. The van der Waals surface area contributed by atoms with Gasteiger partial charge in [-0.3, -0.25) is 4.99 Å². The minimum absolute atomic E-state index is 0.447. The normalized spacial score (nSPS) is 27.7. The first-order valence-corrected chi connectivity index (χ1v) is 10.5. The first kappa shape index (κ1) is 17.8. The molecule has 4 nitrogen and oxygen atoms in total. The Bertz CT molecular complexity index is 589. The highest BCUT2D eigenvalue weighted by atomic mass is 16.5. The molecule has 1 aromatic carbocycles. The fraction of sp³-hybridized carbons (Fsp3) is 0.682. The second kappa shape index (κ2) is 8.43. The van der Waals surface area contributed by atoms with Crippen molar-refractivity contribution in [2.45, 2.75) is 63.0 Å². The smallest absolute Gasteiger partial charge is 0.193 e. The molecular formula is C22H33N3O. The number of rotatable bonds is 5. The molecule has 1 aliphatic heterocycles. The Kier molecular flexibility index (Phi) is 5.78. The van der Waals surface area contributed by atoms with Crippen molar-refractivity contribution in [1.82, 2.24) is 10.2 Å². The van der Waals surface area contributed by atoms with Crippen molar-refractivity contribution in [3.63, 3.8) is 0 Å². The number of guanidine groups is 1. The third kappa shape index (κ3) is 4.40. The maximum atomic E-state index is 6.21. The largest absolute Gasteiger partial charge is 0.378 e. The maximum absolute atomic E-state index is 6.21. The molecule has 0 spiro atoms. The van der Waals surface area contributed by atoms with E-state index >= 15 is 0 Å². The van der Waals surface area contributed by atoms with Gasteiger partial charge in [-0.15, -0.1) is 0 Å². The monoisotopic (exact) mass is 355 g/mol. The maximum Gasteiger partial charge on any atom is 0.193 e. The lowest BCUT2D eigenvalue weighted by Crippen LogP contribution is -2.47. The fourth-order valence-electron chi connectivity index (χ4n) is 4.57. The topological polar surface area (TPSA) is 36.9 Å². The zero-order valence-corrected chi connectivity index (χ0v) is 16.1. The highest BCUT2D eigenvalue weighted by molar-refractivity contribution is 5.80. The van der Waals surface area contributed by atoms with E-state index in [0.717, 1.165) is 44.4 Å². The zero-order chi connectivity index (χ0) is 17.8. The van der Waals surface area contributed by atoms with E-state index in [1.165, 1.54) is 37.7 Å². The molecule has 0 bridgehead atoms. The summed E-state index contributed by atoms with van der Waals surface area (Å²) in [5.41, 5.74) is 1.44. The Hall–Kier alpha value is -1.55. The van der Waals surface area contributed by atoms with Crippen molar-refractivity contribution in [3.8, 4) is 0 Å². The predicted octanol–water partition coefficient (Wildman–Crippen LogP) is 3.79. The average Bonchev–Trinajstić information content (AvgIpc) is 3.27. The second-order valence-electron chi connectivity index (χ2n) is 8.22. The van der Waals surface area contributed by atoms with Crippen LogP contribution in [-0.4, -0.2) is 49.7 Å². The molecule has 0 amide bonds. The standard InChI is InChI=1S/C22H33N3O/c1-23-22(24-21-15-20(21)18-9-3-2-4-10-18)25-13-11-19(12-14-25)26-16-17-7-5-6-8-17/h2-4,9-10,17,19-21H,5-8,11-16H2,1H3,(H,23,24). The zero-order valence-electron chi connectivity index (χ0n) is 16.1. The van der Waals surface area contributed by atoms with Crippen LogP contribution in [0, 0.1) is 5.92 Å². The molecular weight excluding hydrogens is 322 g/mol. The summed E-state index contributed by atoms with van der Waals surface area (Å²) in [6, 6.07) is 11.4. The van der Waals surface area contributed by atoms with Crippen molar-refractivity contribution >= 4 is 5.96 Å². The summed E-state index contributed by atoms with van der Waals surface area (Å²) in [6.45, 7) is 3.09.